The third-order valence-corrected chi connectivity index (χ3v) is 3.94. The van der Waals surface area contributed by atoms with E-state index in [4.69, 9.17) is 0 Å². The summed E-state index contributed by atoms with van der Waals surface area (Å²) in [5.74, 6) is 0.262. The van der Waals surface area contributed by atoms with E-state index in [1.54, 1.807) is 0 Å². The first-order valence-corrected chi connectivity index (χ1v) is 6.78. The summed E-state index contributed by atoms with van der Waals surface area (Å²) in [6.07, 6.45) is 2.20. The largest absolute Gasteiger partial charge is 0.325 e. The molecule has 0 aromatic carbocycles. The lowest BCUT2D eigenvalue weighted by Crippen LogP contribution is -2.42. The summed E-state index contributed by atoms with van der Waals surface area (Å²) in [7, 11) is 2.13. The van der Waals surface area contributed by atoms with Gasteiger partial charge in [0, 0.05) is 19.1 Å². The Kier molecular flexibility index (Phi) is 5.40. The maximum atomic E-state index is 12.0. The fourth-order valence-electron chi connectivity index (χ4n) is 2.24. The number of nitrogens with zero attached hydrogens (tertiary/aromatic N) is 2. The van der Waals surface area contributed by atoms with Gasteiger partial charge in [-0.3, -0.25) is 10.1 Å². The monoisotopic (exact) mass is 241 g/mol. The summed E-state index contributed by atoms with van der Waals surface area (Å²) in [4.78, 5) is 16.3. The Bertz CT molecular complexity index is 257. The lowest BCUT2D eigenvalue weighted by atomic mass is 10.2. The Hall–Kier alpha value is -0.610. The van der Waals surface area contributed by atoms with Crippen molar-refractivity contribution in [2.45, 2.75) is 58.8 Å². The SMILES string of the molecule is CCC1NC(C)N(CCN(C)C(C)CC)C1=O. The van der Waals surface area contributed by atoms with Crippen LogP contribution in [0.4, 0.5) is 0 Å². The van der Waals surface area contributed by atoms with Crippen molar-refractivity contribution in [3.63, 3.8) is 0 Å². The van der Waals surface area contributed by atoms with Crippen LogP contribution in [0.3, 0.4) is 0 Å². The predicted octanol–water partition coefficient (Wildman–Crippen LogP) is 1.27. The number of carbonyl (C=O) groups excluding carboxylic acids is 1. The molecule has 100 valence electrons. The van der Waals surface area contributed by atoms with Crippen LogP contribution in [0.25, 0.3) is 0 Å². The van der Waals surface area contributed by atoms with Crippen LogP contribution < -0.4 is 5.32 Å². The maximum absolute atomic E-state index is 12.0. The molecule has 1 heterocycles. The molecular formula is C13H27N3O. The van der Waals surface area contributed by atoms with Crippen LogP contribution in [0.2, 0.25) is 0 Å². The van der Waals surface area contributed by atoms with Crippen molar-refractivity contribution < 1.29 is 4.79 Å². The van der Waals surface area contributed by atoms with Gasteiger partial charge in [0.25, 0.3) is 0 Å². The van der Waals surface area contributed by atoms with Crippen LogP contribution in [0.1, 0.15) is 40.5 Å². The first-order valence-electron chi connectivity index (χ1n) is 6.78. The first kappa shape index (κ1) is 14.5. The highest BCUT2D eigenvalue weighted by Gasteiger charge is 2.34. The van der Waals surface area contributed by atoms with Crippen LogP contribution in [-0.2, 0) is 4.79 Å². The third-order valence-electron chi connectivity index (χ3n) is 3.94. The van der Waals surface area contributed by atoms with Gasteiger partial charge in [-0.2, -0.15) is 0 Å². The molecule has 1 amide bonds. The van der Waals surface area contributed by atoms with Crippen LogP contribution >= 0.6 is 0 Å². The molecule has 4 nitrogen and oxygen atoms in total. The zero-order valence-corrected chi connectivity index (χ0v) is 11.9. The molecule has 0 aromatic heterocycles. The molecule has 4 heteroatoms. The van der Waals surface area contributed by atoms with Crippen molar-refractivity contribution in [1.82, 2.24) is 15.1 Å². The summed E-state index contributed by atoms with van der Waals surface area (Å²) in [5.41, 5.74) is 0. The summed E-state index contributed by atoms with van der Waals surface area (Å²) in [6, 6.07) is 0.608. The summed E-state index contributed by atoms with van der Waals surface area (Å²) in [6.45, 7) is 10.3. The number of rotatable bonds is 6. The Morgan fingerprint density at radius 3 is 2.59 bits per heavy atom. The first-order chi connectivity index (χ1) is 8.01. The zero-order valence-electron chi connectivity index (χ0n) is 11.9. The molecule has 0 spiro atoms. The smallest absolute Gasteiger partial charge is 0.241 e. The standard InChI is InChI=1S/C13H27N3O/c1-6-10(3)15(5)8-9-16-11(4)14-12(7-2)13(16)17/h10-12,14H,6-9H2,1-5H3. The number of likely N-dealkylation sites (N-methyl/N-ethyl adjacent to an activating group) is 1. The fraction of sp³-hybridized carbons (Fsp3) is 0.923. The average molecular weight is 241 g/mol. The van der Waals surface area contributed by atoms with E-state index < -0.39 is 0 Å². The van der Waals surface area contributed by atoms with Crippen LogP contribution in [-0.4, -0.2) is 54.1 Å². The molecule has 1 aliphatic heterocycles. The predicted molar refractivity (Wildman–Crippen MR) is 70.8 cm³/mol. The highest BCUT2D eigenvalue weighted by atomic mass is 16.2. The van der Waals surface area contributed by atoms with Crippen molar-refractivity contribution in [1.29, 1.82) is 0 Å². The Morgan fingerprint density at radius 1 is 1.47 bits per heavy atom. The van der Waals surface area contributed by atoms with Crippen LogP contribution in [0.5, 0.6) is 0 Å². The van der Waals surface area contributed by atoms with E-state index in [-0.39, 0.29) is 18.1 Å². The van der Waals surface area contributed by atoms with E-state index >= 15 is 0 Å². The van der Waals surface area contributed by atoms with Gasteiger partial charge in [-0.1, -0.05) is 13.8 Å². The third kappa shape index (κ3) is 3.42. The molecule has 0 aromatic rings. The van der Waals surface area contributed by atoms with Gasteiger partial charge >= 0.3 is 0 Å². The van der Waals surface area contributed by atoms with Gasteiger partial charge in [-0.15, -0.1) is 0 Å². The molecular weight excluding hydrogens is 214 g/mol. The van der Waals surface area contributed by atoms with Crippen molar-refractivity contribution in [2.24, 2.45) is 0 Å². The molecule has 1 fully saturated rings. The van der Waals surface area contributed by atoms with Gasteiger partial charge in [0.15, 0.2) is 0 Å². The topological polar surface area (TPSA) is 35.6 Å². The maximum Gasteiger partial charge on any atom is 0.241 e. The van der Waals surface area contributed by atoms with Gasteiger partial charge < -0.3 is 9.80 Å². The van der Waals surface area contributed by atoms with E-state index in [1.807, 2.05) is 4.90 Å². The molecule has 3 atom stereocenters. The number of hydrogen-bond donors (Lipinski definition) is 1. The van der Waals surface area contributed by atoms with Gasteiger partial charge in [-0.25, -0.2) is 0 Å². The average Bonchev–Trinajstić information content (AvgIpc) is 2.60. The number of carbonyl (C=O) groups is 1. The summed E-state index contributed by atoms with van der Waals surface area (Å²) < 4.78 is 0. The second kappa shape index (κ2) is 6.36. The highest BCUT2D eigenvalue weighted by Crippen LogP contribution is 2.12. The van der Waals surface area contributed by atoms with Crippen molar-refractivity contribution in [3.8, 4) is 0 Å². The lowest BCUT2D eigenvalue weighted by molar-refractivity contribution is -0.130. The molecule has 0 aliphatic carbocycles. The Labute approximate surface area is 105 Å². The van der Waals surface area contributed by atoms with E-state index in [0.29, 0.717) is 6.04 Å². The summed E-state index contributed by atoms with van der Waals surface area (Å²) >= 11 is 0. The Balaban J connectivity index is 2.44. The minimum absolute atomic E-state index is 0.0268. The van der Waals surface area contributed by atoms with Gasteiger partial charge in [-0.05, 0) is 33.7 Å². The Morgan fingerprint density at radius 2 is 2.12 bits per heavy atom. The lowest BCUT2D eigenvalue weighted by Gasteiger charge is -2.28. The normalized spacial score (nSPS) is 26.9. The van der Waals surface area contributed by atoms with Crippen molar-refractivity contribution in [3.05, 3.63) is 0 Å². The number of nitrogens with one attached hydrogen (secondary N) is 1. The molecule has 17 heavy (non-hydrogen) atoms. The van der Waals surface area contributed by atoms with Crippen LogP contribution in [0, 0.1) is 0 Å². The molecule has 1 rings (SSSR count). The van der Waals surface area contributed by atoms with Crippen LogP contribution in [0.15, 0.2) is 0 Å². The molecule has 0 radical (unpaired) electrons. The minimum atomic E-state index is 0.0268. The molecule has 1 aliphatic rings. The number of hydrogen-bond acceptors (Lipinski definition) is 3. The molecule has 1 saturated heterocycles. The minimum Gasteiger partial charge on any atom is -0.325 e. The van der Waals surface area contributed by atoms with Gasteiger partial charge in [0.05, 0.1) is 12.2 Å². The summed E-state index contributed by atoms with van der Waals surface area (Å²) in [5, 5.41) is 3.33. The van der Waals surface area contributed by atoms with Gasteiger partial charge in [0.2, 0.25) is 5.91 Å². The van der Waals surface area contributed by atoms with E-state index in [1.165, 1.54) is 0 Å². The zero-order chi connectivity index (χ0) is 13.0. The fourth-order valence-corrected chi connectivity index (χ4v) is 2.24. The second-order valence-electron chi connectivity index (χ2n) is 5.07. The van der Waals surface area contributed by atoms with E-state index in [0.717, 1.165) is 25.9 Å². The van der Waals surface area contributed by atoms with Crippen molar-refractivity contribution in [2.75, 3.05) is 20.1 Å². The second-order valence-corrected chi connectivity index (χ2v) is 5.07. The van der Waals surface area contributed by atoms with Gasteiger partial charge in [0.1, 0.15) is 0 Å². The molecule has 0 bridgehead atoms. The highest BCUT2D eigenvalue weighted by molar-refractivity contribution is 5.84. The van der Waals surface area contributed by atoms with E-state index in [2.05, 4.69) is 45.0 Å². The quantitative estimate of drug-likeness (QED) is 0.761. The molecule has 0 saturated carbocycles. The van der Waals surface area contributed by atoms with Crippen molar-refractivity contribution >= 4 is 5.91 Å². The molecule has 1 N–H and O–H groups in total. The number of amides is 1. The van der Waals surface area contributed by atoms with E-state index in [9.17, 15) is 4.79 Å². The molecule has 3 unspecified atom stereocenters.